The van der Waals surface area contributed by atoms with Crippen molar-refractivity contribution in [1.29, 1.82) is 0 Å². The first-order valence-corrected chi connectivity index (χ1v) is 9.07. The number of amides is 2. The monoisotopic (exact) mass is 372 g/mol. The average molecular weight is 372 g/mol. The zero-order valence-electron chi connectivity index (χ0n) is 14.0. The zero-order chi connectivity index (χ0) is 18.9. The SMILES string of the molecule is Cc1nc2ccc(NC(=O)Nc3ccc(S(=O)(=O)O)cc3)cc2nc1C. The highest BCUT2D eigenvalue weighted by molar-refractivity contribution is 7.85. The number of aromatic nitrogens is 2. The van der Waals surface area contributed by atoms with E-state index < -0.39 is 16.1 Å². The molecule has 9 heteroatoms. The van der Waals surface area contributed by atoms with Crippen molar-refractivity contribution >= 4 is 38.6 Å². The number of nitrogens with zero attached hydrogens (tertiary/aromatic N) is 2. The van der Waals surface area contributed by atoms with E-state index in [1.165, 1.54) is 24.3 Å². The minimum Gasteiger partial charge on any atom is -0.308 e. The minimum atomic E-state index is -4.27. The first-order chi connectivity index (χ1) is 12.2. The molecule has 0 radical (unpaired) electrons. The summed E-state index contributed by atoms with van der Waals surface area (Å²) in [6, 6.07) is 9.85. The summed E-state index contributed by atoms with van der Waals surface area (Å²) < 4.78 is 31.0. The summed E-state index contributed by atoms with van der Waals surface area (Å²) in [5, 5.41) is 5.25. The summed E-state index contributed by atoms with van der Waals surface area (Å²) >= 11 is 0. The summed E-state index contributed by atoms with van der Waals surface area (Å²) in [6.07, 6.45) is 0. The molecule has 0 fully saturated rings. The van der Waals surface area contributed by atoms with Crippen LogP contribution >= 0.6 is 0 Å². The maximum atomic E-state index is 12.1. The average Bonchev–Trinajstić information content (AvgIpc) is 2.56. The molecular weight excluding hydrogens is 356 g/mol. The van der Waals surface area contributed by atoms with Crippen LogP contribution in [-0.2, 0) is 10.1 Å². The Kier molecular flexibility index (Phi) is 4.58. The van der Waals surface area contributed by atoms with Crippen LogP contribution in [0.1, 0.15) is 11.4 Å². The number of hydrogen-bond acceptors (Lipinski definition) is 5. The molecule has 8 nitrogen and oxygen atoms in total. The molecule has 0 unspecified atom stereocenters. The van der Waals surface area contributed by atoms with Crippen molar-refractivity contribution in [3.63, 3.8) is 0 Å². The second kappa shape index (κ2) is 6.70. The van der Waals surface area contributed by atoms with Crippen LogP contribution in [0.2, 0.25) is 0 Å². The first kappa shape index (κ1) is 17.8. The molecule has 3 rings (SSSR count). The van der Waals surface area contributed by atoms with Gasteiger partial charge in [0, 0.05) is 11.4 Å². The second-order valence-electron chi connectivity index (χ2n) is 5.68. The maximum absolute atomic E-state index is 12.1. The van der Waals surface area contributed by atoms with Gasteiger partial charge >= 0.3 is 6.03 Å². The normalized spacial score (nSPS) is 11.3. The van der Waals surface area contributed by atoms with Gasteiger partial charge in [0.1, 0.15) is 0 Å². The predicted octanol–water partition coefficient (Wildman–Crippen LogP) is 3.14. The molecule has 0 aliphatic carbocycles. The largest absolute Gasteiger partial charge is 0.323 e. The zero-order valence-corrected chi connectivity index (χ0v) is 14.8. The predicted molar refractivity (Wildman–Crippen MR) is 97.9 cm³/mol. The highest BCUT2D eigenvalue weighted by Crippen LogP contribution is 2.18. The van der Waals surface area contributed by atoms with Gasteiger partial charge in [-0.2, -0.15) is 8.42 Å². The molecule has 2 amide bonds. The van der Waals surface area contributed by atoms with E-state index in [1.807, 2.05) is 13.8 Å². The molecule has 134 valence electrons. The molecular formula is C17H16N4O4S. The fourth-order valence-electron chi connectivity index (χ4n) is 2.31. The summed E-state index contributed by atoms with van der Waals surface area (Å²) in [7, 11) is -4.27. The summed E-state index contributed by atoms with van der Waals surface area (Å²) in [5.41, 5.74) is 4.00. The van der Waals surface area contributed by atoms with E-state index in [0.29, 0.717) is 16.9 Å². The molecule has 0 spiro atoms. The van der Waals surface area contributed by atoms with Gasteiger partial charge in [0.25, 0.3) is 10.1 Å². The Morgan fingerprint density at radius 2 is 1.42 bits per heavy atom. The minimum absolute atomic E-state index is 0.248. The smallest absolute Gasteiger partial charge is 0.308 e. The number of benzene rings is 2. The van der Waals surface area contributed by atoms with Crippen LogP contribution in [0.4, 0.5) is 16.2 Å². The van der Waals surface area contributed by atoms with E-state index in [-0.39, 0.29) is 4.90 Å². The third-order valence-electron chi connectivity index (χ3n) is 3.74. The summed E-state index contributed by atoms with van der Waals surface area (Å²) in [6.45, 7) is 3.75. The Morgan fingerprint density at radius 3 is 2.04 bits per heavy atom. The summed E-state index contributed by atoms with van der Waals surface area (Å²) in [4.78, 5) is 20.7. The summed E-state index contributed by atoms with van der Waals surface area (Å²) in [5.74, 6) is 0. The van der Waals surface area contributed by atoms with Crippen LogP contribution in [0.5, 0.6) is 0 Å². The fraction of sp³-hybridized carbons (Fsp3) is 0.118. The van der Waals surface area contributed by atoms with Crippen molar-refractivity contribution in [1.82, 2.24) is 9.97 Å². The molecule has 1 heterocycles. The van der Waals surface area contributed by atoms with Gasteiger partial charge in [-0.1, -0.05) is 0 Å². The lowest BCUT2D eigenvalue weighted by atomic mass is 10.2. The van der Waals surface area contributed by atoms with Crippen molar-refractivity contribution in [2.75, 3.05) is 10.6 Å². The lowest BCUT2D eigenvalue weighted by Crippen LogP contribution is -2.19. The molecule has 1 aromatic heterocycles. The maximum Gasteiger partial charge on any atom is 0.323 e. The highest BCUT2D eigenvalue weighted by Gasteiger charge is 2.10. The Balaban J connectivity index is 1.73. The fourth-order valence-corrected chi connectivity index (χ4v) is 2.79. The Morgan fingerprint density at radius 1 is 0.885 bits per heavy atom. The van der Waals surface area contributed by atoms with Gasteiger partial charge in [-0.15, -0.1) is 0 Å². The van der Waals surface area contributed by atoms with E-state index >= 15 is 0 Å². The number of anilines is 2. The van der Waals surface area contributed by atoms with Crippen LogP contribution in [0, 0.1) is 13.8 Å². The number of fused-ring (bicyclic) bond motifs is 1. The number of nitrogens with one attached hydrogen (secondary N) is 2. The van der Waals surface area contributed by atoms with Gasteiger partial charge in [-0.05, 0) is 56.3 Å². The third kappa shape index (κ3) is 3.95. The van der Waals surface area contributed by atoms with Crippen molar-refractivity contribution < 1.29 is 17.8 Å². The molecule has 0 bridgehead atoms. The topological polar surface area (TPSA) is 121 Å². The highest BCUT2D eigenvalue weighted by atomic mass is 32.2. The van der Waals surface area contributed by atoms with E-state index in [4.69, 9.17) is 4.55 Å². The van der Waals surface area contributed by atoms with Crippen LogP contribution < -0.4 is 10.6 Å². The molecule has 2 aromatic carbocycles. The van der Waals surface area contributed by atoms with Crippen molar-refractivity contribution in [2.24, 2.45) is 0 Å². The van der Waals surface area contributed by atoms with E-state index in [2.05, 4.69) is 20.6 Å². The van der Waals surface area contributed by atoms with Gasteiger partial charge in [0.15, 0.2) is 0 Å². The molecule has 0 saturated carbocycles. The molecule has 3 aromatic rings. The molecule has 0 saturated heterocycles. The third-order valence-corrected chi connectivity index (χ3v) is 4.61. The van der Waals surface area contributed by atoms with E-state index in [0.717, 1.165) is 16.9 Å². The van der Waals surface area contributed by atoms with E-state index in [1.54, 1.807) is 18.2 Å². The number of aryl methyl sites for hydroxylation is 2. The van der Waals surface area contributed by atoms with Gasteiger partial charge in [0.05, 0.1) is 27.3 Å². The lowest BCUT2D eigenvalue weighted by Gasteiger charge is -2.09. The molecule has 3 N–H and O–H groups in total. The van der Waals surface area contributed by atoms with Crippen molar-refractivity contribution in [3.8, 4) is 0 Å². The number of urea groups is 1. The Hall–Kier alpha value is -3.04. The van der Waals surface area contributed by atoms with Crippen LogP contribution in [0.3, 0.4) is 0 Å². The number of carbonyl (C=O) groups is 1. The van der Waals surface area contributed by atoms with Crippen LogP contribution in [-0.4, -0.2) is 29.0 Å². The standard InChI is InChI=1S/C17H16N4O4S/c1-10-11(2)19-16-9-13(5-8-15(16)18-10)21-17(22)20-12-3-6-14(7-4-12)26(23,24)25/h3-9H,1-2H3,(H2,20,21,22)(H,23,24,25). The molecule has 26 heavy (non-hydrogen) atoms. The molecule has 0 aliphatic rings. The van der Waals surface area contributed by atoms with Crippen LogP contribution in [0.25, 0.3) is 11.0 Å². The van der Waals surface area contributed by atoms with Gasteiger partial charge in [0.2, 0.25) is 0 Å². The van der Waals surface area contributed by atoms with Crippen molar-refractivity contribution in [3.05, 3.63) is 53.9 Å². The van der Waals surface area contributed by atoms with Crippen LogP contribution in [0.15, 0.2) is 47.4 Å². The Labute approximate surface area is 150 Å². The first-order valence-electron chi connectivity index (χ1n) is 7.63. The van der Waals surface area contributed by atoms with Gasteiger partial charge in [-0.25, -0.2) is 14.8 Å². The van der Waals surface area contributed by atoms with E-state index in [9.17, 15) is 13.2 Å². The number of hydrogen-bond donors (Lipinski definition) is 3. The van der Waals surface area contributed by atoms with Gasteiger partial charge < -0.3 is 10.6 Å². The molecule has 0 aliphatic heterocycles. The van der Waals surface area contributed by atoms with Gasteiger partial charge in [-0.3, -0.25) is 4.55 Å². The number of rotatable bonds is 3. The quantitative estimate of drug-likeness (QED) is 0.607. The Bertz CT molecular complexity index is 1100. The second-order valence-corrected chi connectivity index (χ2v) is 7.10. The number of carbonyl (C=O) groups excluding carboxylic acids is 1. The molecule has 0 atom stereocenters. The van der Waals surface area contributed by atoms with Crippen molar-refractivity contribution in [2.45, 2.75) is 18.7 Å². The lowest BCUT2D eigenvalue weighted by molar-refractivity contribution is 0.262.